The van der Waals surface area contributed by atoms with Gasteiger partial charge in [0, 0.05) is 11.0 Å². The Labute approximate surface area is 124 Å². The Balaban J connectivity index is 1.73. The molecule has 0 heterocycles. The maximum Gasteiger partial charge on any atom is 0.0272 e. The molecule has 1 atom stereocenters. The molecule has 0 spiro atoms. The topological polar surface area (TPSA) is 0 Å². The molecule has 0 fully saturated rings. The standard InChI is InChI=1S/C19H18S/c1-15(20-14-16-7-3-2-4-8-16)18-12-11-17-9-5-6-10-19(17)13-18/h2-13,15H,14H2,1H3/t15-/m0/s1. The van der Waals surface area contributed by atoms with Crippen molar-refractivity contribution in [2.75, 3.05) is 0 Å². The van der Waals surface area contributed by atoms with Crippen molar-refractivity contribution in [2.24, 2.45) is 0 Å². The molecule has 20 heavy (non-hydrogen) atoms. The van der Waals surface area contributed by atoms with Crippen LogP contribution in [0.2, 0.25) is 0 Å². The van der Waals surface area contributed by atoms with Crippen LogP contribution in [0.4, 0.5) is 0 Å². The van der Waals surface area contributed by atoms with Gasteiger partial charge >= 0.3 is 0 Å². The summed E-state index contributed by atoms with van der Waals surface area (Å²) in [6, 6.07) is 26.0. The highest BCUT2D eigenvalue weighted by atomic mass is 32.2. The van der Waals surface area contributed by atoms with Crippen molar-refractivity contribution in [1.82, 2.24) is 0 Å². The molecule has 0 N–H and O–H groups in total. The van der Waals surface area contributed by atoms with Gasteiger partial charge in [-0.3, -0.25) is 0 Å². The molecule has 0 bridgehead atoms. The molecule has 0 unspecified atom stereocenters. The number of benzene rings is 3. The molecule has 0 amide bonds. The van der Waals surface area contributed by atoms with Crippen LogP contribution >= 0.6 is 11.8 Å². The van der Waals surface area contributed by atoms with Crippen molar-refractivity contribution in [1.29, 1.82) is 0 Å². The fourth-order valence-electron chi connectivity index (χ4n) is 2.35. The van der Waals surface area contributed by atoms with Crippen molar-refractivity contribution in [2.45, 2.75) is 17.9 Å². The summed E-state index contributed by atoms with van der Waals surface area (Å²) >= 11 is 1.99. The molecule has 3 rings (SSSR count). The molecule has 3 aromatic rings. The smallest absolute Gasteiger partial charge is 0.0272 e. The quantitative estimate of drug-likeness (QED) is 0.578. The normalized spacial score (nSPS) is 12.4. The van der Waals surface area contributed by atoms with E-state index in [1.54, 1.807) is 0 Å². The van der Waals surface area contributed by atoms with Gasteiger partial charge in [0.2, 0.25) is 0 Å². The summed E-state index contributed by atoms with van der Waals surface area (Å²) in [5.74, 6) is 1.06. The minimum absolute atomic E-state index is 0.514. The predicted octanol–water partition coefficient (Wildman–Crippen LogP) is 5.83. The average molecular weight is 278 g/mol. The van der Waals surface area contributed by atoms with Crippen LogP contribution in [0.3, 0.4) is 0 Å². The van der Waals surface area contributed by atoms with E-state index in [2.05, 4.69) is 79.7 Å². The van der Waals surface area contributed by atoms with Gasteiger partial charge in [-0.15, -0.1) is 11.8 Å². The lowest BCUT2D eigenvalue weighted by atomic mass is 10.1. The largest absolute Gasteiger partial charge is 0.149 e. The zero-order chi connectivity index (χ0) is 13.8. The predicted molar refractivity (Wildman–Crippen MR) is 90.1 cm³/mol. The molecule has 0 aliphatic heterocycles. The Hall–Kier alpha value is -1.73. The molecule has 0 nitrogen and oxygen atoms in total. The highest BCUT2D eigenvalue weighted by molar-refractivity contribution is 7.98. The maximum absolute atomic E-state index is 2.32. The van der Waals surface area contributed by atoms with Crippen molar-refractivity contribution in [3.8, 4) is 0 Å². The fraction of sp³-hybridized carbons (Fsp3) is 0.158. The molecule has 100 valence electrons. The van der Waals surface area contributed by atoms with Gasteiger partial charge in [-0.1, -0.05) is 72.8 Å². The molecule has 0 aliphatic rings. The second-order valence-corrected chi connectivity index (χ2v) is 6.37. The van der Waals surface area contributed by atoms with Crippen molar-refractivity contribution in [3.05, 3.63) is 83.9 Å². The number of hydrogen-bond donors (Lipinski definition) is 0. The second kappa shape index (κ2) is 6.15. The van der Waals surface area contributed by atoms with Gasteiger partial charge in [0.05, 0.1) is 0 Å². The Kier molecular flexibility index (Phi) is 4.08. The summed E-state index contributed by atoms with van der Waals surface area (Å²) in [6.07, 6.45) is 0. The Morgan fingerprint density at radius 3 is 2.30 bits per heavy atom. The van der Waals surface area contributed by atoms with Gasteiger partial charge < -0.3 is 0 Å². The lowest BCUT2D eigenvalue weighted by molar-refractivity contribution is 1.10. The first-order valence-corrected chi connectivity index (χ1v) is 8.02. The van der Waals surface area contributed by atoms with Crippen LogP contribution in [0.5, 0.6) is 0 Å². The third kappa shape index (κ3) is 3.05. The van der Waals surface area contributed by atoms with E-state index in [1.807, 2.05) is 11.8 Å². The van der Waals surface area contributed by atoms with Crippen LogP contribution in [0.25, 0.3) is 10.8 Å². The summed E-state index contributed by atoms with van der Waals surface area (Å²) in [6.45, 7) is 2.29. The van der Waals surface area contributed by atoms with Gasteiger partial charge in [0.25, 0.3) is 0 Å². The van der Waals surface area contributed by atoms with Crippen LogP contribution in [0, 0.1) is 0 Å². The molecule has 0 saturated heterocycles. The zero-order valence-electron chi connectivity index (χ0n) is 11.6. The number of hydrogen-bond acceptors (Lipinski definition) is 1. The molecule has 0 aliphatic carbocycles. The highest BCUT2D eigenvalue weighted by Gasteiger charge is 2.07. The summed E-state index contributed by atoms with van der Waals surface area (Å²) in [5, 5.41) is 3.16. The molecule has 0 saturated carbocycles. The van der Waals surface area contributed by atoms with Crippen molar-refractivity contribution >= 4 is 22.5 Å². The zero-order valence-corrected chi connectivity index (χ0v) is 12.4. The fourth-order valence-corrected chi connectivity index (χ4v) is 3.33. The molecule has 3 aromatic carbocycles. The lowest BCUT2D eigenvalue weighted by Crippen LogP contribution is -1.90. The first-order chi connectivity index (χ1) is 9.83. The average Bonchev–Trinajstić information content (AvgIpc) is 2.53. The third-order valence-corrected chi connectivity index (χ3v) is 4.86. The van der Waals surface area contributed by atoms with E-state index in [0.29, 0.717) is 5.25 Å². The second-order valence-electron chi connectivity index (χ2n) is 5.05. The number of fused-ring (bicyclic) bond motifs is 1. The van der Waals surface area contributed by atoms with E-state index in [-0.39, 0.29) is 0 Å². The molecular weight excluding hydrogens is 260 g/mol. The third-order valence-electron chi connectivity index (χ3n) is 3.59. The van der Waals surface area contributed by atoms with Crippen LogP contribution in [-0.2, 0) is 5.75 Å². The minimum Gasteiger partial charge on any atom is -0.149 e. The Morgan fingerprint density at radius 2 is 1.50 bits per heavy atom. The van der Waals surface area contributed by atoms with Gasteiger partial charge in [0.1, 0.15) is 0 Å². The van der Waals surface area contributed by atoms with E-state index in [9.17, 15) is 0 Å². The van der Waals surface area contributed by atoms with Crippen molar-refractivity contribution < 1.29 is 0 Å². The molecule has 0 radical (unpaired) electrons. The lowest BCUT2D eigenvalue weighted by Gasteiger charge is -2.12. The highest BCUT2D eigenvalue weighted by Crippen LogP contribution is 2.32. The SMILES string of the molecule is C[C@H](SCc1ccccc1)c1ccc2ccccc2c1. The molecule has 0 aromatic heterocycles. The van der Waals surface area contributed by atoms with Crippen LogP contribution in [-0.4, -0.2) is 0 Å². The summed E-state index contributed by atoms with van der Waals surface area (Å²) in [4.78, 5) is 0. The van der Waals surface area contributed by atoms with Crippen molar-refractivity contribution in [3.63, 3.8) is 0 Å². The van der Waals surface area contributed by atoms with E-state index < -0.39 is 0 Å². The van der Waals surface area contributed by atoms with E-state index in [1.165, 1.54) is 21.9 Å². The van der Waals surface area contributed by atoms with Crippen LogP contribution < -0.4 is 0 Å². The summed E-state index contributed by atoms with van der Waals surface area (Å²) in [5.41, 5.74) is 2.80. The van der Waals surface area contributed by atoms with E-state index in [0.717, 1.165) is 5.75 Å². The molecular formula is C19H18S. The van der Waals surface area contributed by atoms with Crippen LogP contribution in [0.15, 0.2) is 72.8 Å². The Morgan fingerprint density at radius 1 is 0.800 bits per heavy atom. The van der Waals surface area contributed by atoms with Gasteiger partial charge in [-0.25, -0.2) is 0 Å². The summed E-state index contributed by atoms with van der Waals surface area (Å²) < 4.78 is 0. The maximum atomic E-state index is 2.32. The number of rotatable bonds is 4. The number of thioether (sulfide) groups is 1. The first kappa shape index (κ1) is 13.3. The van der Waals surface area contributed by atoms with E-state index >= 15 is 0 Å². The van der Waals surface area contributed by atoms with E-state index in [4.69, 9.17) is 0 Å². The molecule has 1 heteroatoms. The Bertz CT molecular complexity index is 688. The first-order valence-electron chi connectivity index (χ1n) is 6.97. The monoisotopic (exact) mass is 278 g/mol. The van der Waals surface area contributed by atoms with Gasteiger partial charge in [-0.05, 0) is 28.8 Å². The minimum atomic E-state index is 0.514. The van der Waals surface area contributed by atoms with Gasteiger partial charge in [-0.2, -0.15) is 0 Å². The van der Waals surface area contributed by atoms with Gasteiger partial charge in [0.15, 0.2) is 0 Å². The van der Waals surface area contributed by atoms with Crippen LogP contribution in [0.1, 0.15) is 23.3 Å². The summed E-state index contributed by atoms with van der Waals surface area (Å²) in [7, 11) is 0.